The Balaban J connectivity index is 1.62. The van der Waals surface area contributed by atoms with Gasteiger partial charge in [0, 0.05) is 12.0 Å². The SMILES string of the molecule is N#C[C@H]1CC[C@@H](NC(=O)NC2(c3cccc(OC(F)(F)F)c3)CC2)C1. The summed E-state index contributed by atoms with van der Waals surface area (Å²) in [5.41, 5.74) is -0.0619. The van der Waals surface area contributed by atoms with Crippen molar-refractivity contribution in [3.8, 4) is 11.8 Å². The van der Waals surface area contributed by atoms with Crippen LogP contribution in [-0.2, 0) is 5.54 Å². The van der Waals surface area contributed by atoms with Gasteiger partial charge >= 0.3 is 12.4 Å². The number of amides is 2. The summed E-state index contributed by atoms with van der Waals surface area (Å²) in [5, 5.41) is 14.6. The van der Waals surface area contributed by atoms with Gasteiger partial charge in [-0.25, -0.2) is 4.79 Å². The van der Waals surface area contributed by atoms with Crippen molar-refractivity contribution in [1.29, 1.82) is 5.26 Å². The van der Waals surface area contributed by atoms with Crippen LogP contribution in [0.1, 0.15) is 37.7 Å². The van der Waals surface area contributed by atoms with Crippen molar-refractivity contribution in [3.05, 3.63) is 29.8 Å². The van der Waals surface area contributed by atoms with E-state index in [1.54, 1.807) is 6.07 Å². The second-order valence-electron chi connectivity index (χ2n) is 6.59. The summed E-state index contributed by atoms with van der Waals surface area (Å²) in [7, 11) is 0. The van der Waals surface area contributed by atoms with Crippen LogP contribution in [0.25, 0.3) is 0 Å². The van der Waals surface area contributed by atoms with E-state index in [1.165, 1.54) is 18.2 Å². The summed E-state index contributed by atoms with van der Waals surface area (Å²) in [4.78, 5) is 12.2. The van der Waals surface area contributed by atoms with Crippen LogP contribution in [0.15, 0.2) is 24.3 Å². The number of carbonyl (C=O) groups excluding carboxylic acids is 1. The van der Waals surface area contributed by atoms with Gasteiger partial charge in [-0.05, 0) is 49.8 Å². The summed E-state index contributed by atoms with van der Waals surface area (Å²) in [6.07, 6.45) is -1.29. The number of nitriles is 1. The number of halogens is 3. The molecule has 0 aromatic heterocycles. The fourth-order valence-corrected chi connectivity index (χ4v) is 3.27. The van der Waals surface area contributed by atoms with E-state index in [-0.39, 0.29) is 23.7 Å². The lowest BCUT2D eigenvalue weighted by Crippen LogP contribution is -2.45. The van der Waals surface area contributed by atoms with Gasteiger partial charge in [-0.2, -0.15) is 5.26 Å². The van der Waals surface area contributed by atoms with Crippen molar-refractivity contribution in [1.82, 2.24) is 10.6 Å². The highest BCUT2D eigenvalue weighted by Gasteiger charge is 2.46. The maximum Gasteiger partial charge on any atom is 0.573 e. The highest BCUT2D eigenvalue weighted by atomic mass is 19.4. The third-order valence-electron chi connectivity index (χ3n) is 4.67. The third kappa shape index (κ3) is 4.35. The van der Waals surface area contributed by atoms with E-state index in [9.17, 15) is 18.0 Å². The first-order valence-electron chi connectivity index (χ1n) is 8.14. The molecule has 25 heavy (non-hydrogen) atoms. The number of rotatable bonds is 4. The number of hydrogen-bond donors (Lipinski definition) is 2. The molecule has 2 amide bonds. The summed E-state index contributed by atoms with van der Waals surface area (Å²) in [6.45, 7) is 0. The number of ether oxygens (including phenoxy) is 1. The Morgan fingerprint density at radius 3 is 2.68 bits per heavy atom. The highest BCUT2D eigenvalue weighted by Crippen LogP contribution is 2.46. The quantitative estimate of drug-likeness (QED) is 0.869. The fourth-order valence-electron chi connectivity index (χ4n) is 3.27. The standard InChI is InChI=1S/C17H18F3N3O2/c18-17(19,20)25-14-3-1-2-12(9-14)16(6-7-16)23-15(24)22-13-5-4-11(8-13)10-21/h1-3,9,11,13H,4-8H2,(H2,22,23,24)/t11-,13+/m0/s1. The van der Waals surface area contributed by atoms with Gasteiger partial charge < -0.3 is 15.4 Å². The Kier molecular flexibility index (Phi) is 4.50. The van der Waals surface area contributed by atoms with E-state index in [4.69, 9.17) is 5.26 Å². The minimum Gasteiger partial charge on any atom is -0.406 e. The van der Waals surface area contributed by atoms with E-state index < -0.39 is 11.9 Å². The number of alkyl halides is 3. The van der Waals surface area contributed by atoms with Crippen LogP contribution >= 0.6 is 0 Å². The van der Waals surface area contributed by atoms with E-state index in [0.717, 1.165) is 12.8 Å². The number of benzene rings is 1. The zero-order chi connectivity index (χ0) is 18.1. The molecule has 0 heterocycles. The molecular weight excluding hydrogens is 335 g/mol. The lowest BCUT2D eigenvalue weighted by molar-refractivity contribution is -0.274. The number of carbonyl (C=O) groups is 1. The lowest BCUT2D eigenvalue weighted by Gasteiger charge is -2.21. The first-order chi connectivity index (χ1) is 11.8. The summed E-state index contributed by atoms with van der Waals surface area (Å²) in [6, 6.07) is 7.49. The van der Waals surface area contributed by atoms with E-state index in [2.05, 4.69) is 21.4 Å². The summed E-state index contributed by atoms with van der Waals surface area (Å²) in [5.74, 6) is -0.331. The van der Waals surface area contributed by atoms with Crippen molar-refractivity contribution in [2.75, 3.05) is 0 Å². The van der Waals surface area contributed by atoms with Gasteiger partial charge in [0.05, 0.1) is 11.6 Å². The second kappa shape index (κ2) is 6.47. The van der Waals surface area contributed by atoms with Gasteiger partial charge in [-0.3, -0.25) is 0 Å². The molecule has 134 valence electrons. The number of nitrogens with one attached hydrogen (secondary N) is 2. The molecule has 0 saturated heterocycles. The second-order valence-corrected chi connectivity index (χ2v) is 6.59. The average Bonchev–Trinajstić information content (AvgIpc) is 3.16. The smallest absolute Gasteiger partial charge is 0.406 e. The van der Waals surface area contributed by atoms with Crippen molar-refractivity contribution < 1.29 is 22.7 Å². The van der Waals surface area contributed by atoms with Gasteiger partial charge in [-0.15, -0.1) is 13.2 Å². The Labute approximate surface area is 143 Å². The largest absolute Gasteiger partial charge is 0.573 e. The third-order valence-corrected chi connectivity index (χ3v) is 4.67. The fraction of sp³-hybridized carbons (Fsp3) is 0.529. The van der Waals surface area contributed by atoms with Gasteiger partial charge in [0.1, 0.15) is 5.75 Å². The monoisotopic (exact) mass is 353 g/mol. The van der Waals surface area contributed by atoms with E-state index in [0.29, 0.717) is 24.8 Å². The van der Waals surface area contributed by atoms with Crippen LogP contribution in [0.4, 0.5) is 18.0 Å². The highest BCUT2D eigenvalue weighted by molar-refractivity contribution is 5.76. The normalized spacial score (nSPS) is 24.2. The Morgan fingerprint density at radius 1 is 1.32 bits per heavy atom. The summed E-state index contributed by atoms with van der Waals surface area (Å²) >= 11 is 0. The first kappa shape index (κ1) is 17.4. The van der Waals surface area contributed by atoms with Crippen LogP contribution in [0.2, 0.25) is 0 Å². The van der Waals surface area contributed by atoms with Crippen LogP contribution < -0.4 is 15.4 Å². The maximum absolute atomic E-state index is 12.4. The Bertz CT molecular complexity index is 695. The molecule has 2 N–H and O–H groups in total. The molecule has 0 unspecified atom stereocenters. The van der Waals surface area contributed by atoms with Crippen LogP contribution in [-0.4, -0.2) is 18.4 Å². The average molecular weight is 353 g/mol. The summed E-state index contributed by atoms with van der Waals surface area (Å²) < 4.78 is 41.0. The molecule has 3 rings (SSSR count). The molecule has 1 aromatic rings. The van der Waals surface area contributed by atoms with Gasteiger partial charge in [0.25, 0.3) is 0 Å². The van der Waals surface area contributed by atoms with E-state index >= 15 is 0 Å². The molecule has 0 spiro atoms. The van der Waals surface area contributed by atoms with Crippen molar-refractivity contribution in [2.45, 2.75) is 50.0 Å². The molecule has 0 bridgehead atoms. The van der Waals surface area contributed by atoms with Crippen molar-refractivity contribution in [2.24, 2.45) is 5.92 Å². The van der Waals surface area contributed by atoms with Gasteiger partial charge in [0.15, 0.2) is 0 Å². The molecule has 1 aromatic carbocycles. The molecule has 8 heteroatoms. The number of hydrogen-bond acceptors (Lipinski definition) is 3. The topological polar surface area (TPSA) is 74.2 Å². The molecule has 2 aliphatic carbocycles. The molecule has 0 radical (unpaired) electrons. The zero-order valence-corrected chi connectivity index (χ0v) is 13.4. The minimum absolute atomic E-state index is 0.0311. The predicted molar refractivity (Wildman–Crippen MR) is 82.4 cm³/mol. The molecular formula is C17H18F3N3O2. The first-order valence-corrected chi connectivity index (χ1v) is 8.14. The van der Waals surface area contributed by atoms with Crippen molar-refractivity contribution in [3.63, 3.8) is 0 Å². The van der Waals surface area contributed by atoms with Gasteiger partial charge in [-0.1, -0.05) is 12.1 Å². The molecule has 2 fully saturated rings. The Hall–Kier alpha value is -2.43. The van der Waals surface area contributed by atoms with E-state index in [1.807, 2.05) is 0 Å². The minimum atomic E-state index is -4.75. The van der Waals surface area contributed by atoms with Crippen molar-refractivity contribution >= 4 is 6.03 Å². The van der Waals surface area contributed by atoms with Crippen LogP contribution in [0.5, 0.6) is 5.75 Å². The zero-order valence-electron chi connectivity index (χ0n) is 13.4. The Morgan fingerprint density at radius 2 is 2.08 bits per heavy atom. The van der Waals surface area contributed by atoms with Crippen LogP contribution in [0.3, 0.4) is 0 Å². The van der Waals surface area contributed by atoms with Crippen LogP contribution in [0, 0.1) is 17.2 Å². The molecule has 5 nitrogen and oxygen atoms in total. The molecule has 2 atom stereocenters. The lowest BCUT2D eigenvalue weighted by atomic mass is 10.0. The van der Waals surface area contributed by atoms with Gasteiger partial charge in [0.2, 0.25) is 0 Å². The molecule has 2 saturated carbocycles. The maximum atomic E-state index is 12.4. The predicted octanol–water partition coefficient (Wildman–Crippen LogP) is 3.57. The molecule has 2 aliphatic rings. The number of nitrogens with zero attached hydrogens (tertiary/aromatic N) is 1. The number of urea groups is 1. The molecule has 0 aliphatic heterocycles.